The van der Waals surface area contributed by atoms with Crippen LogP contribution in [0.3, 0.4) is 0 Å². The fourth-order valence-electron chi connectivity index (χ4n) is 2.80. The van der Waals surface area contributed by atoms with Crippen LogP contribution in [0.15, 0.2) is 78.5 Å². The average molecular weight is 331 g/mol. The number of hydrogen-bond acceptors (Lipinski definition) is 3. The van der Waals surface area contributed by atoms with Gasteiger partial charge in [0.05, 0.1) is 22.2 Å². The molecule has 24 heavy (non-hydrogen) atoms. The van der Waals surface area contributed by atoms with E-state index in [0.717, 1.165) is 39.7 Å². The third-order valence-corrected chi connectivity index (χ3v) is 4.95. The van der Waals surface area contributed by atoms with Crippen LogP contribution in [0.1, 0.15) is 5.69 Å². The maximum absolute atomic E-state index is 4.76. The van der Waals surface area contributed by atoms with Crippen LogP contribution in [-0.4, -0.2) is 14.5 Å². The molecule has 0 N–H and O–H groups in total. The van der Waals surface area contributed by atoms with E-state index >= 15 is 0 Å². The molecule has 0 atom stereocenters. The number of benzene rings is 2. The first kappa shape index (κ1) is 15.0. The van der Waals surface area contributed by atoms with E-state index in [9.17, 15) is 0 Å². The molecule has 2 aromatic carbocycles. The van der Waals surface area contributed by atoms with Crippen LogP contribution in [0.25, 0.3) is 21.9 Å². The molecule has 0 aliphatic rings. The molecule has 118 valence electrons. The first-order valence-electron chi connectivity index (χ1n) is 7.89. The molecule has 0 aliphatic heterocycles. The van der Waals surface area contributed by atoms with Gasteiger partial charge in [0.15, 0.2) is 5.16 Å². The van der Waals surface area contributed by atoms with Crippen LogP contribution in [0.2, 0.25) is 0 Å². The van der Waals surface area contributed by atoms with Crippen LogP contribution < -0.4 is 0 Å². The van der Waals surface area contributed by atoms with Crippen molar-refractivity contribution >= 4 is 33.7 Å². The standard InChI is InChI=1S/C20H17N3S/c1-2-13-23-19-10-6-5-9-18(19)22-20(23)24-14-16-12-11-15-7-3-4-8-17(15)21-16/h2-12H,1,13-14H2. The van der Waals surface area contributed by atoms with Crippen LogP contribution in [0, 0.1) is 0 Å². The number of allylic oxidation sites excluding steroid dienone is 1. The normalized spacial score (nSPS) is 11.2. The summed E-state index contributed by atoms with van der Waals surface area (Å²) in [5, 5.41) is 2.18. The summed E-state index contributed by atoms with van der Waals surface area (Å²) in [4.78, 5) is 9.50. The van der Waals surface area contributed by atoms with E-state index in [1.54, 1.807) is 11.8 Å². The molecular weight excluding hydrogens is 314 g/mol. The van der Waals surface area contributed by atoms with E-state index in [2.05, 4.69) is 41.5 Å². The molecule has 2 heterocycles. The second kappa shape index (κ2) is 6.49. The number of nitrogens with zero attached hydrogens (tertiary/aromatic N) is 3. The number of imidazole rings is 1. The zero-order chi connectivity index (χ0) is 16.4. The second-order valence-corrected chi connectivity index (χ2v) is 6.51. The minimum atomic E-state index is 0.758. The predicted molar refractivity (Wildman–Crippen MR) is 101 cm³/mol. The molecule has 0 amide bonds. The lowest BCUT2D eigenvalue weighted by Crippen LogP contribution is -1.98. The highest BCUT2D eigenvalue weighted by atomic mass is 32.2. The number of rotatable bonds is 5. The van der Waals surface area contributed by atoms with E-state index in [0.29, 0.717) is 0 Å². The van der Waals surface area contributed by atoms with Crippen molar-refractivity contribution in [1.82, 2.24) is 14.5 Å². The molecule has 0 saturated heterocycles. The lowest BCUT2D eigenvalue weighted by atomic mass is 10.2. The molecule has 2 aromatic heterocycles. The molecule has 4 heteroatoms. The summed E-state index contributed by atoms with van der Waals surface area (Å²) in [6.45, 7) is 4.62. The number of thioether (sulfide) groups is 1. The summed E-state index contributed by atoms with van der Waals surface area (Å²) in [5.74, 6) is 0.797. The highest BCUT2D eigenvalue weighted by Crippen LogP contribution is 2.27. The number of fused-ring (bicyclic) bond motifs is 2. The Labute approximate surface area is 145 Å². The van der Waals surface area contributed by atoms with Crippen LogP contribution in [-0.2, 0) is 12.3 Å². The molecular formula is C20H17N3S. The van der Waals surface area contributed by atoms with Gasteiger partial charge in [-0.1, -0.05) is 54.2 Å². The molecule has 4 rings (SSSR count). The minimum absolute atomic E-state index is 0.758. The van der Waals surface area contributed by atoms with Crippen molar-refractivity contribution in [3.63, 3.8) is 0 Å². The number of para-hydroxylation sites is 3. The third-order valence-electron chi connectivity index (χ3n) is 3.94. The van der Waals surface area contributed by atoms with Gasteiger partial charge in [0.1, 0.15) is 0 Å². The predicted octanol–water partition coefficient (Wildman–Crippen LogP) is 5.06. The first-order valence-corrected chi connectivity index (χ1v) is 8.87. The fraction of sp³-hybridized carbons (Fsp3) is 0.100. The SMILES string of the molecule is C=CCn1c(SCc2ccc3ccccc3n2)nc2ccccc21. The Morgan fingerprint density at radius 2 is 1.71 bits per heavy atom. The monoisotopic (exact) mass is 331 g/mol. The van der Waals surface area contributed by atoms with E-state index in [1.165, 1.54) is 5.39 Å². The largest absolute Gasteiger partial charge is 0.315 e. The van der Waals surface area contributed by atoms with E-state index in [-0.39, 0.29) is 0 Å². The summed E-state index contributed by atoms with van der Waals surface area (Å²) in [6, 6.07) is 20.6. The zero-order valence-electron chi connectivity index (χ0n) is 13.2. The Hall–Kier alpha value is -2.59. The third kappa shape index (κ3) is 2.81. The Kier molecular flexibility index (Phi) is 4.05. The van der Waals surface area contributed by atoms with Gasteiger partial charge >= 0.3 is 0 Å². The zero-order valence-corrected chi connectivity index (χ0v) is 14.0. The van der Waals surface area contributed by atoms with Crippen molar-refractivity contribution in [2.24, 2.45) is 0 Å². The Balaban J connectivity index is 1.63. The van der Waals surface area contributed by atoms with Gasteiger partial charge in [-0.25, -0.2) is 4.98 Å². The molecule has 3 nitrogen and oxygen atoms in total. The molecule has 0 spiro atoms. The van der Waals surface area contributed by atoms with Gasteiger partial charge in [-0.15, -0.1) is 6.58 Å². The van der Waals surface area contributed by atoms with Crippen molar-refractivity contribution in [3.05, 3.63) is 79.0 Å². The van der Waals surface area contributed by atoms with Gasteiger partial charge in [-0.3, -0.25) is 4.98 Å². The van der Waals surface area contributed by atoms with E-state index in [4.69, 9.17) is 9.97 Å². The van der Waals surface area contributed by atoms with Gasteiger partial charge in [0.25, 0.3) is 0 Å². The minimum Gasteiger partial charge on any atom is -0.315 e. The molecule has 4 aromatic rings. The average Bonchev–Trinajstić information content (AvgIpc) is 2.98. The van der Waals surface area contributed by atoms with Crippen molar-refractivity contribution in [2.75, 3.05) is 0 Å². The van der Waals surface area contributed by atoms with E-state index < -0.39 is 0 Å². The first-order chi connectivity index (χ1) is 11.8. The van der Waals surface area contributed by atoms with Crippen LogP contribution in [0.5, 0.6) is 0 Å². The van der Waals surface area contributed by atoms with Crippen LogP contribution in [0.4, 0.5) is 0 Å². The van der Waals surface area contributed by atoms with Gasteiger partial charge in [0.2, 0.25) is 0 Å². The summed E-state index contributed by atoms with van der Waals surface area (Å²) < 4.78 is 2.20. The highest BCUT2D eigenvalue weighted by molar-refractivity contribution is 7.98. The summed E-state index contributed by atoms with van der Waals surface area (Å²) >= 11 is 1.72. The van der Waals surface area contributed by atoms with Gasteiger partial charge in [-0.05, 0) is 24.3 Å². The quantitative estimate of drug-likeness (QED) is 0.378. The second-order valence-electron chi connectivity index (χ2n) is 5.57. The topological polar surface area (TPSA) is 30.7 Å². The van der Waals surface area contributed by atoms with Crippen molar-refractivity contribution in [3.8, 4) is 0 Å². The summed E-state index contributed by atoms with van der Waals surface area (Å²) in [5.41, 5.74) is 4.27. The number of pyridine rings is 1. The molecule has 0 bridgehead atoms. The lowest BCUT2D eigenvalue weighted by molar-refractivity contribution is 0.748. The lowest BCUT2D eigenvalue weighted by Gasteiger charge is -2.06. The fourth-order valence-corrected chi connectivity index (χ4v) is 3.73. The molecule has 0 aliphatic carbocycles. The van der Waals surface area contributed by atoms with Crippen molar-refractivity contribution in [1.29, 1.82) is 0 Å². The Morgan fingerprint density at radius 1 is 0.917 bits per heavy atom. The Morgan fingerprint density at radius 3 is 2.58 bits per heavy atom. The van der Waals surface area contributed by atoms with Gasteiger partial charge in [-0.2, -0.15) is 0 Å². The van der Waals surface area contributed by atoms with Crippen LogP contribution >= 0.6 is 11.8 Å². The smallest absolute Gasteiger partial charge is 0.169 e. The maximum atomic E-state index is 4.76. The maximum Gasteiger partial charge on any atom is 0.169 e. The molecule has 0 radical (unpaired) electrons. The summed E-state index contributed by atoms with van der Waals surface area (Å²) in [6.07, 6.45) is 1.91. The summed E-state index contributed by atoms with van der Waals surface area (Å²) in [7, 11) is 0. The number of aromatic nitrogens is 3. The molecule has 0 unspecified atom stereocenters. The van der Waals surface area contributed by atoms with Gasteiger partial charge < -0.3 is 4.57 Å². The Bertz CT molecular complexity index is 1020. The molecule has 0 fully saturated rings. The number of hydrogen-bond donors (Lipinski definition) is 0. The van der Waals surface area contributed by atoms with Gasteiger partial charge in [0, 0.05) is 17.7 Å². The molecule has 0 saturated carbocycles. The highest BCUT2D eigenvalue weighted by Gasteiger charge is 2.10. The van der Waals surface area contributed by atoms with Crippen molar-refractivity contribution in [2.45, 2.75) is 17.5 Å². The van der Waals surface area contributed by atoms with Crippen molar-refractivity contribution < 1.29 is 0 Å². The van der Waals surface area contributed by atoms with E-state index in [1.807, 2.05) is 36.4 Å².